The van der Waals surface area contributed by atoms with Gasteiger partial charge in [0, 0.05) is 37.8 Å². The molecule has 0 aromatic carbocycles. The summed E-state index contributed by atoms with van der Waals surface area (Å²) in [7, 11) is 0. The molecule has 134 valence electrons. The Morgan fingerprint density at radius 1 is 1.08 bits per heavy atom. The third-order valence-corrected chi connectivity index (χ3v) is 5.54. The van der Waals surface area contributed by atoms with Crippen LogP contribution in [0.2, 0.25) is 0 Å². The number of anilines is 1. The van der Waals surface area contributed by atoms with Gasteiger partial charge in [-0.2, -0.15) is 0 Å². The molecule has 2 aliphatic rings. The summed E-state index contributed by atoms with van der Waals surface area (Å²) in [5.41, 5.74) is 1.94. The van der Waals surface area contributed by atoms with Crippen molar-refractivity contribution in [1.82, 2.24) is 24.1 Å². The van der Waals surface area contributed by atoms with Gasteiger partial charge in [0.15, 0.2) is 5.65 Å². The second-order valence-electron chi connectivity index (χ2n) is 7.44. The van der Waals surface area contributed by atoms with Gasteiger partial charge in [-0.25, -0.2) is 4.98 Å². The van der Waals surface area contributed by atoms with Gasteiger partial charge in [0.2, 0.25) is 5.95 Å². The van der Waals surface area contributed by atoms with Crippen molar-refractivity contribution in [3.05, 3.63) is 52.8 Å². The molecule has 7 nitrogen and oxygen atoms in total. The van der Waals surface area contributed by atoms with Gasteiger partial charge in [0.05, 0.1) is 12.0 Å². The highest BCUT2D eigenvalue weighted by molar-refractivity contribution is 5.46. The fourth-order valence-corrected chi connectivity index (χ4v) is 3.82. The van der Waals surface area contributed by atoms with E-state index in [1.54, 1.807) is 17.0 Å². The molecule has 26 heavy (non-hydrogen) atoms. The van der Waals surface area contributed by atoms with E-state index < -0.39 is 0 Å². The summed E-state index contributed by atoms with van der Waals surface area (Å²) < 4.78 is 3.81. The van der Waals surface area contributed by atoms with Crippen LogP contribution < -0.4 is 10.5 Å². The number of piperidine rings is 1. The summed E-state index contributed by atoms with van der Waals surface area (Å²) in [6, 6.07) is 7.67. The molecule has 1 saturated heterocycles. The van der Waals surface area contributed by atoms with E-state index in [1.807, 2.05) is 28.8 Å². The average Bonchev–Trinajstić information content (AvgIpc) is 3.43. The van der Waals surface area contributed by atoms with E-state index in [-0.39, 0.29) is 5.56 Å². The zero-order chi connectivity index (χ0) is 17.5. The molecule has 0 amide bonds. The molecule has 0 spiro atoms. The van der Waals surface area contributed by atoms with Crippen LogP contribution in [-0.4, -0.2) is 37.2 Å². The van der Waals surface area contributed by atoms with E-state index in [0.717, 1.165) is 49.8 Å². The Hall–Kier alpha value is -2.70. The van der Waals surface area contributed by atoms with Crippen molar-refractivity contribution < 1.29 is 0 Å². The van der Waals surface area contributed by atoms with Crippen molar-refractivity contribution in [2.45, 2.75) is 38.1 Å². The highest BCUT2D eigenvalue weighted by atomic mass is 16.1. The van der Waals surface area contributed by atoms with Gasteiger partial charge in [-0.05, 0) is 43.7 Å². The zero-order valence-electron chi connectivity index (χ0n) is 14.7. The Kier molecular flexibility index (Phi) is 3.72. The highest BCUT2D eigenvalue weighted by Crippen LogP contribution is 2.38. The minimum absolute atomic E-state index is 0.0905. The monoisotopic (exact) mass is 350 g/mol. The summed E-state index contributed by atoms with van der Waals surface area (Å²) >= 11 is 0. The average molecular weight is 350 g/mol. The molecule has 0 atom stereocenters. The molecule has 1 aliphatic carbocycles. The van der Waals surface area contributed by atoms with Crippen molar-refractivity contribution in [3.8, 4) is 0 Å². The lowest BCUT2D eigenvalue weighted by Crippen LogP contribution is -2.37. The van der Waals surface area contributed by atoms with Crippen molar-refractivity contribution in [1.29, 1.82) is 0 Å². The van der Waals surface area contributed by atoms with Crippen molar-refractivity contribution in [2.75, 3.05) is 18.0 Å². The predicted molar refractivity (Wildman–Crippen MR) is 98.4 cm³/mol. The number of fused-ring (bicyclic) bond motifs is 1. The van der Waals surface area contributed by atoms with E-state index in [0.29, 0.717) is 11.8 Å². The molecule has 0 unspecified atom stereocenters. The van der Waals surface area contributed by atoms with Gasteiger partial charge in [-0.15, -0.1) is 10.2 Å². The normalized spacial score (nSPS) is 18.5. The second kappa shape index (κ2) is 6.23. The Morgan fingerprint density at radius 3 is 2.69 bits per heavy atom. The SMILES string of the molecule is O=c1cc(C2CC2)ncn1CC1CCN(c2nnc3ccccn23)CC1. The maximum absolute atomic E-state index is 12.3. The standard InChI is InChI=1S/C19H22N6O/c26-18-11-16(15-4-5-15)20-13-24(18)12-14-6-9-23(10-7-14)19-22-21-17-3-1-2-8-25(17)19/h1-3,8,11,13-15H,4-7,9-10,12H2. The highest BCUT2D eigenvalue weighted by Gasteiger charge is 2.26. The molecule has 3 aromatic rings. The quantitative estimate of drug-likeness (QED) is 0.721. The molecular formula is C19H22N6O. The number of aromatic nitrogens is 5. The molecule has 7 heteroatoms. The number of pyridine rings is 1. The minimum Gasteiger partial charge on any atom is -0.341 e. The maximum Gasteiger partial charge on any atom is 0.253 e. The summed E-state index contributed by atoms with van der Waals surface area (Å²) in [5, 5.41) is 8.59. The van der Waals surface area contributed by atoms with Gasteiger partial charge < -0.3 is 4.90 Å². The number of hydrogen-bond acceptors (Lipinski definition) is 5. The lowest BCUT2D eigenvalue weighted by Gasteiger charge is -2.32. The van der Waals surface area contributed by atoms with Crippen LogP contribution in [0.3, 0.4) is 0 Å². The van der Waals surface area contributed by atoms with Crippen LogP contribution in [0.4, 0.5) is 5.95 Å². The van der Waals surface area contributed by atoms with E-state index in [2.05, 4.69) is 20.1 Å². The third-order valence-electron chi connectivity index (χ3n) is 5.54. The number of nitrogens with zero attached hydrogens (tertiary/aromatic N) is 6. The minimum atomic E-state index is 0.0905. The van der Waals surface area contributed by atoms with Crippen LogP contribution in [0.1, 0.15) is 37.3 Å². The molecular weight excluding hydrogens is 328 g/mol. The number of rotatable bonds is 4. The molecule has 0 radical (unpaired) electrons. The Morgan fingerprint density at radius 2 is 1.92 bits per heavy atom. The first-order chi connectivity index (χ1) is 12.8. The Bertz CT molecular complexity index is 981. The summed E-state index contributed by atoms with van der Waals surface area (Å²) in [5.74, 6) is 1.93. The second-order valence-corrected chi connectivity index (χ2v) is 7.44. The molecule has 1 saturated carbocycles. The molecule has 3 aromatic heterocycles. The fourth-order valence-electron chi connectivity index (χ4n) is 3.82. The lowest BCUT2D eigenvalue weighted by molar-refractivity contribution is 0.348. The molecule has 5 rings (SSSR count). The van der Waals surface area contributed by atoms with Gasteiger partial charge >= 0.3 is 0 Å². The molecule has 0 N–H and O–H groups in total. The largest absolute Gasteiger partial charge is 0.341 e. The van der Waals surface area contributed by atoms with E-state index in [1.165, 1.54) is 12.8 Å². The molecule has 1 aliphatic heterocycles. The maximum atomic E-state index is 12.3. The van der Waals surface area contributed by atoms with Gasteiger partial charge in [-0.3, -0.25) is 13.8 Å². The summed E-state index contributed by atoms with van der Waals surface area (Å²) in [6.45, 7) is 2.62. The lowest BCUT2D eigenvalue weighted by atomic mass is 9.97. The third kappa shape index (κ3) is 2.87. The summed E-state index contributed by atoms with van der Waals surface area (Å²) in [4.78, 5) is 19.1. The summed E-state index contributed by atoms with van der Waals surface area (Å²) in [6.07, 6.45) is 8.17. The van der Waals surface area contributed by atoms with Crippen LogP contribution in [-0.2, 0) is 6.54 Å². The molecule has 2 fully saturated rings. The van der Waals surface area contributed by atoms with Crippen LogP contribution >= 0.6 is 0 Å². The van der Waals surface area contributed by atoms with Crippen molar-refractivity contribution in [2.24, 2.45) is 5.92 Å². The topological polar surface area (TPSA) is 68.3 Å². The van der Waals surface area contributed by atoms with Crippen LogP contribution in [0.25, 0.3) is 5.65 Å². The predicted octanol–water partition coefficient (Wildman–Crippen LogP) is 2.08. The molecule has 0 bridgehead atoms. The van der Waals surface area contributed by atoms with Crippen LogP contribution in [0, 0.1) is 5.92 Å². The Labute approximate surface area is 151 Å². The van der Waals surface area contributed by atoms with E-state index in [4.69, 9.17) is 0 Å². The first-order valence-corrected chi connectivity index (χ1v) is 9.39. The first kappa shape index (κ1) is 15.5. The van der Waals surface area contributed by atoms with Gasteiger partial charge in [0.1, 0.15) is 0 Å². The Balaban J connectivity index is 1.25. The molecule has 4 heterocycles. The van der Waals surface area contributed by atoms with Gasteiger partial charge in [-0.1, -0.05) is 6.07 Å². The van der Waals surface area contributed by atoms with Crippen LogP contribution in [0.5, 0.6) is 0 Å². The smallest absolute Gasteiger partial charge is 0.253 e. The van der Waals surface area contributed by atoms with Crippen molar-refractivity contribution in [3.63, 3.8) is 0 Å². The van der Waals surface area contributed by atoms with Crippen molar-refractivity contribution >= 4 is 11.6 Å². The number of hydrogen-bond donors (Lipinski definition) is 0. The van der Waals surface area contributed by atoms with Gasteiger partial charge in [0.25, 0.3) is 5.56 Å². The van der Waals surface area contributed by atoms with E-state index >= 15 is 0 Å². The fraction of sp³-hybridized carbons (Fsp3) is 0.474. The first-order valence-electron chi connectivity index (χ1n) is 9.39. The van der Waals surface area contributed by atoms with E-state index in [9.17, 15) is 4.79 Å². The zero-order valence-corrected chi connectivity index (χ0v) is 14.7. The van der Waals surface area contributed by atoms with Crippen LogP contribution in [0.15, 0.2) is 41.6 Å².